The fraction of sp³-hybridized carbons (Fsp3) is 0.294. The Morgan fingerprint density at radius 2 is 2.17 bits per heavy atom. The highest BCUT2D eigenvalue weighted by molar-refractivity contribution is 5.67. The summed E-state index contributed by atoms with van der Waals surface area (Å²) in [4.78, 5) is 6.22. The minimum Gasteiger partial charge on any atom is -0.334 e. The van der Waals surface area contributed by atoms with Crippen molar-refractivity contribution in [3.63, 3.8) is 0 Å². The molecule has 7 nitrogen and oxygen atoms in total. The second-order valence-corrected chi connectivity index (χ2v) is 5.83. The van der Waals surface area contributed by atoms with Gasteiger partial charge >= 0.3 is 0 Å². The molecule has 1 aliphatic heterocycles. The first-order valence-electron chi connectivity index (χ1n) is 7.85. The molecule has 4 rings (SSSR count). The molecule has 24 heavy (non-hydrogen) atoms. The highest BCUT2D eigenvalue weighted by Gasteiger charge is 2.29. The van der Waals surface area contributed by atoms with Gasteiger partial charge in [0.15, 0.2) is 12.0 Å². The fourth-order valence-electron chi connectivity index (χ4n) is 3.11. The Morgan fingerprint density at radius 3 is 2.96 bits per heavy atom. The van der Waals surface area contributed by atoms with E-state index in [4.69, 9.17) is 4.52 Å². The van der Waals surface area contributed by atoms with E-state index >= 15 is 0 Å². The van der Waals surface area contributed by atoms with Crippen LogP contribution in [-0.2, 0) is 7.05 Å². The maximum absolute atomic E-state index is 9.17. The molecule has 0 saturated carbocycles. The lowest BCUT2D eigenvalue weighted by Crippen LogP contribution is -2.17. The summed E-state index contributed by atoms with van der Waals surface area (Å²) < 4.78 is 7.26. The molecule has 1 aromatic carbocycles. The first-order valence-corrected chi connectivity index (χ1v) is 7.85. The van der Waals surface area contributed by atoms with Crippen molar-refractivity contribution in [1.29, 1.82) is 5.26 Å². The van der Waals surface area contributed by atoms with Gasteiger partial charge in [0.1, 0.15) is 6.04 Å². The number of nitrogens with zero attached hydrogens (tertiary/aromatic N) is 6. The van der Waals surface area contributed by atoms with Gasteiger partial charge in [0.25, 0.3) is 5.89 Å². The number of benzene rings is 1. The summed E-state index contributed by atoms with van der Waals surface area (Å²) in [5.41, 5.74) is 2.91. The molecule has 120 valence electrons. The predicted molar refractivity (Wildman–Crippen MR) is 86.2 cm³/mol. The van der Waals surface area contributed by atoms with Crippen LogP contribution in [0.4, 0.5) is 0 Å². The Hall–Kier alpha value is -3.14. The van der Waals surface area contributed by atoms with E-state index in [1.165, 1.54) is 0 Å². The largest absolute Gasteiger partial charge is 0.334 e. The van der Waals surface area contributed by atoms with Gasteiger partial charge in [0, 0.05) is 30.9 Å². The van der Waals surface area contributed by atoms with E-state index in [-0.39, 0.29) is 6.04 Å². The first-order chi connectivity index (χ1) is 11.8. The Bertz CT molecular complexity index is 906. The summed E-state index contributed by atoms with van der Waals surface area (Å²) in [6.45, 7) is 0.751. The maximum atomic E-state index is 9.17. The smallest absolute Gasteiger partial charge is 0.258 e. The molecule has 3 heterocycles. The van der Waals surface area contributed by atoms with Gasteiger partial charge in [-0.25, -0.2) is 0 Å². The van der Waals surface area contributed by atoms with Crippen LogP contribution in [0.5, 0.6) is 0 Å². The van der Waals surface area contributed by atoms with Gasteiger partial charge in [-0.1, -0.05) is 17.3 Å². The molecule has 2 aromatic heterocycles. The molecule has 7 heteroatoms. The number of aromatic nitrogens is 4. The van der Waals surface area contributed by atoms with Gasteiger partial charge < -0.3 is 4.52 Å². The lowest BCUT2D eigenvalue weighted by atomic mass is 10.1. The summed E-state index contributed by atoms with van der Waals surface area (Å²) in [5.74, 6) is 1.05. The second kappa shape index (κ2) is 5.81. The van der Waals surface area contributed by atoms with Gasteiger partial charge in [-0.05, 0) is 31.0 Å². The molecule has 1 unspecified atom stereocenters. The van der Waals surface area contributed by atoms with Gasteiger partial charge in [-0.15, -0.1) is 0 Å². The average molecular weight is 320 g/mol. The Kier molecular flexibility index (Phi) is 3.50. The van der Waals surface area contributed by atoms with Gasteiger partial charge in [0.05, 0.1) is 5.69 Å². The lowest BCUT2D eigenvalue weighted by Gasteiger charge is -2.13. The summed E-state index contributed by atoms with van der Waals surface area (Å²) in [6, 6.07) is 9.80. The third-order valence-corrected chi connectivity index (χ3v) is 4.35. The Morgan fingerprint density at radius 1 is 1.29 bits per heavy atom. The molecule has 1 fully saturated rings. The molecule has 1 atom stereocenters. The summed E-state index contributed by atoms with van der Waals surface area (Å²) in [7, 11) is 1.91. The highest BCUT2D eigenvalue weighted by Crippen LogP contribution is 2.31. The van der Waals surface area contributed by atoms with E-state index < -0.39 is 0 Å². The summed E-state index contributed by atoms with van der Waals surface area (Å²) in [5, 5.41) is 17.5. The average Bonchev–Trinajstić information content (AvgIpc) is 3.34. The van der Waals surface area contributed by atoms with E-state index in [1.54, 1.807) is 11.1 Å². The van der Waals surface area contributed by atoms with Crippen molar-refractivity contribution >= 4 is 0 Å². The van der Waals surface area contributed by atoms with Crippen molar-refractivity contribution in [3.8, 4) is 28.9 Å². The molecular weight excluding hydrogens is 304 g/mol. The van der Waals surface area contributed by atoms with E-state index in [0.717, 1.165) is 36.2 Å². The number of nitriles is 1. The Balaban J connectivity index is 1.66. The molecule has 0 aliphatic carbocycles. The number of rotatable bonds is 3. The normalized spacial score (nSPS) is 17.2. The Labute approximate surface area is 139 Å². The van der Waals surface area contributed by atoms with Crippen molar-refractivity contribution in [3.05, 3.63) is 42.4 Å². The van der Waals surface area contributed by atoms with Crippen LogP contribution in [0.1, 0.15) is 24.7 Å². The monoisotopic (exact) mass is 320 g/mol. The minimum atomic E-state index is -0.0762. The van der Waals surface area contributed by atoms with Crippen LogP contribution in [0.15, 0.2) is 41.1 Å². The van der Waals surface area contributed by atoms with Gasteiger partial charge in [-0.3, -0.25) is 9.58 Å². The van der Waals surface area contributed by atoms with Gasteiger partial charge in [0.2, 0.25) is 0 Å². The standard InChI is InChI=1S/C17H16N6O/c1-22-14(7-8-19-22)12-4-2-5-13(10-12)17-20-16(21-24-17)15-6-3-9-23(15)11-18/h2,4-5,7-8,10,15H,3,6,9H2,1H3. The fourth-order valence-corrected chi connectivity index (χ4v) is 3.11. The van der Waals surface area contributed by atoms with E-state index in [0.29, 0.717) is 11.7 Å². The number of hydrogen-bond acceptors (Lipinski definition) is 6. The molecule has 0 bridgehead atoms. The minimum absolute atomic E-state index is 0.0762. The highest BCUT2D eigenvalue weighted by atomic mass is 16.5. The van der Waals surface area contributed by atoms with Crippen LogP contribution < -0.4 is 0 Å². The molecular formula is C17H16N6O. The van der Waals surface area contributed by atoms with Crippen LogP contribution in [0.3, 0.4) is 0 Å². The zero-order valence-corrected chi connectivity index (χ0v) is 13.3. The zero-order valence-electron chi connectivity index (χ0n) is 13.3. The molecule has 0 N–H and O–H groups in total. The van der Waals surface area contributed by atoms with Crippen LogP contribution in [0, 0.1) is 11.5 Å². The lowest BCUT2D eigenvalue weighted by molar-refractivity contribution is 0.339. The second-order valence-electron chi connectivity index (χ2n) is 5.83. The SMILES string of the molecule is Cn1nccc1-c1cccc(-c2nc(C3CCCN3C#N)no2)c1. The van der Waals surface area contributed by atoms with E-state index in [9.17, 15) is 5.26 Å². The van der Waals surface area contributed by atoms with Crippen molar-refractivity contribution < 1.29 is 4.52 Å². The molecule has 3 aromatic rings. The topological polar surface area (TPSA) is 83.8 Å². The maximum Gasteiger partial charge on any atom is 0.258 e. The van der Waals surface area contributed by atoms with E-state index in [2.05, 4.69) is 21.4 Å². The molecule has 0 amide bonds. The number of hydrogen-bond donors (Lipinski definition) is 0. The van der Waals surface area contributed by atoms with Crippen LogP contribution in [-0.4, -0.2) is 31.4 Å². The van der Waals surface area contributed by atoms with Crippen molar-refractivity contribution in [2.24, 2.45) is 7.05 Å². The molecule has 0 radical (unpaired) electrons. The summed E-state index contributed by atoms with van der Waals surface area (Å²) in [6.07, 6.45) is 5.81. The number of likely N-dealkylation sites (tertiary alicyclic amines) is 1. The van der Waals surface area contributed by atoms with Crippen LogP contribution in [0.25, 0.3) is 22.7 Å². The predicted octanol–water partition coefficient (Wildman–Crippen LogP) is 2.76. The quantitative estimate of drug-likeness (QED) is 0.690. The molecule has 1 saturated heterocycles. The van der Waals surface area contributed by atoms with Crippen molar-refractivity contribution in [2.45, 2.75) is 18.9 Å². The van der Waals surface area contributed by atoms with Crippen LogP contribution >= 0.6 is 0 Å². The first kappa shape index (κ1) is 14.5. The van der Waals surface area contributed by atoms with Gasteiger partial charge in [-0.2, -0.15) is 15.3 Å². The van der Waals surface area contributed by atoms with Crippen molar-refractivity contribution in [2.75, 3.05) is 6.54 Å². The van der Waals surface area contributed by atoms with E-state index in [1.807, 2.05) is 42.1 Å². The third kappa shape index (κ3) is 2.42. The molecule has 0 spiro atoms. The van der Waals surface area contributed by atoms with Crippen molar-refractivity contribution in [1.82, 2.24) is 24.8 Å². The van der Waals surface area contributed by atoms with Crippen LogP contribution in [0.2, 0.25) is 0 Å². The zero-order chi connectivity index (χ0) is 16.5. The number of aryl methyl sites for hydroxylation is 1. The molecule has 1 aliphatic rings. The summed E-state index contributed by atoms with van der Waals surface area (Å²) >= 11 is 0. The third-order valence-electron chi connectivity index (χ3n) is 4.35.